The number of aliphatic hydroxyl groups is 1. The van der Waals surface area contributed by atoms with Gasteiger partial charge in [0, 0.05) is 5.57 Å². The summed E-state index contributed by atoms with van der Waals surface area (Å²) in [4.78, 5) is 11.6. The summed E-state index contributed by atoms with van der Waals surface area (Å²) in [6, 6.07) is 0. The van der Waals surface area contributed by atoms with Crippen LogP contribution in [0.3, 0.4) is 0 Å². The lowest BCUT2D eigenvalue weighted by atomic mass is 9.73. The predicted octanol–water partition coefficient (Wildman–Crippen LogP) is 0.880. The number of carbonyl (C=O) groups is 1. The third-order valence-electron chi connectivity index (χ3n) is 2.23. The fraction of sp³-hybridized carbons (Fsp3) is 0.545. The maximum absolute atomic E-state index is 11.6. The number of hydrogen-bond acceptors (Lipinski definition) is 3. The summed E-state index contributed by atoms with van der Waals surface area (Å²) in [6.45, 7) is 5.34. The van der Waals surface area contributed by atoms with E-state index < -0.39 is 5.60 Å². The van der Waals surface area contributed by atoms with Crippen LogP contribution >= 0.6 is 0 Å². The lowest BCUT2D eigenvalue weighted by Crippen LogP contribution is -2.51. The second-order valence-corrected chi connectivity index (χ2v) is 3.52. The van der Waals surface area contributed by atoms with Crippen molar-refractivity contribution in [1.29, 1.82) is 0 Å². The number of rotatable bonds is 2. The largest absolute Gasteiger partial charge is 0.496 e. The van der Waals surface area contributed by atoms with Gasteiger partial charge in [0.2, 0.25) is 11.4 Å². The van der Waals surface area contributed by atoms with Crippen molar-refractivity contribution in [3.63, 3.8) is 0 Å². The summed E-state index contributed by atoms with van der Waals surface area (Å²) in [5.74, 6) is 5.01. The fourth-order valence-electron chi connectivity index (χ4n) is 1.61. The van der Waals surface area contributed by atoms with Crippen LogP contribution in [0.4, 0.5) is 0 Å². The molecule has 0 aromatic heterocycles. The quantitative estimate of drug-likeness (QED) is 0.664. The topological polar surface area (TPSA) is 46.5 Å². The smallest absolute Gasteiger partial charge is 0.247 e. The van der Waals surface area contributed by atoms with Crippen LogP contribution in [0.25, 0.3) is 0 Å². The SMILES string of the molecule is CC#CC1(O)C(=O)C(C(C)C)=C1OC. The molecule has 76 valence electrons. The summed E-state index contributed by atoms with van der Waals surface area (Å²) in [7, 11) is 1.44. The molecular weight excluding hydrogens is 180 g/mol. The van der Waals surface area contributed by atoms with Crippen molar-refractivity contribution in [2.45, 2.75) is 26.4 Å². The molecular formula is C11H14O3. The van der Waals surface area contributed by atoms with Gasteiger partial charge >= 0.3 is 0 Å². The average molecular weight is 194 g/mol. The highest BCUT2D eigenvalue weighted by molar-refractivity contribution is 6.14. The summed E-state index contributed by atoms with van der Waals surface area (Å²) in [5.41, 5.74) is -1.15. The molecule has 3 heteroatoms. The van der Waals surface area contributed by atoms with Gasteiger partial charge in [0.15, 0.2) is 5.76 Å². The molecule has 0 spiro atoms. The number of carbonyl (C=O) groups excluding carboxylic acids is 1. The fourth-order valence-corrected chi connectivity index (χ4v) is 1.61. The summed E-state index contributed by atoms with van der Waals surface area (Å²) in [6.07, 6.45) is 0. The Morgan fingerprint density at radius 1 is 1.50 bits per heavy atom. The molecule has 3 nitrogen and oxygen atoms in total. The van der Waals surface area contributed by atoms with Gasteiger partial charge in [-0.25, -0.2) is 0 Å². The minimum atomic E-state index is -1.69. The van der Waals surface area contributed by atoms with E-state index >= 15 is 0 Å². The van der Waals surface area contributed by atoms with Crippen molar-refractivity contribution < 1.29 is 14.6 Å². The van der Waals surface area contributed by atoms with E-state index in [1.165, 1.54) is 7.11 Å². The Morgan fingerprint density at radius 2 is 2.07 bits per heavy atom. The zero-order valence-electron chi connectivity index (χ0n) is 8.84. The Morgan fingerprint density at radius 3 is 2.43 bits per heavy atom. The molecule has 0 heterocycles. The molecule has 0 bridgehead atoms. The minimum absolute atomic E-state index is 0.0522. The van der Waals surface area contributed by atoms with E-state index in [2.05, 4.69) is 11.8 Å². The van der Waals surface area contributed by atoms with Crippen LogP contribution in [0.5, 0.6) is 0 Å². The second kappa shape index (κ2) is 3.47. The molecule has 1 unspecified atom stereocenters. The maximum atomic E-state index is 11.6. The third-order valence-corrected chi connectivity index (χ3v) is 2.23. The van der Waals surface area contributed by atoms with Gasteiger partial charge in [-0.1, -0.05) is 19.8 Å². The molecule has 0 radical (unpaired) electrons. The second-order valence-electron chi connectivity index (χ2n) is 3.52. The van der Waals surface area contributed by atoms with Gasteiger partial charge in [-0.05, 0) is 12.8 Å². The lowest BCUT2D eigenvalue weighted by molar-refractivity contribution is -0.134. The van der Waals surface area contributed by atoms with Crippen LogP contribution < -0.4 is 0 Å². The van der Waals surface area contributed by atoms with Crippen LogP contribution in [-0.2, 0) is 9.53 Å². The highest BCUT2D eigenvalue weighted by atomic mass is 16.5. The van der Waals surface area contributed by atoms with Crippen LogP contribution in [0.2, 0.25) is 0 Å². The predicted molar refractivity (Wildman–Crippen MR) is 52.3 cm³/mol. The van der Waals surface area contributed by atoms with Crippen molar-refractivity contribution in [3.8, 4) is 11.8 Å². The zero-order valence-corrected chi connectivity index (χ0v) is 8.84. The molecule has 1 N–H and O–H groups in total. The first-order valence-corrected chi connectivity index (χ1v) is 4.48. The Balaban J connectivity index is 3.19. The first-order chi connectivity index (χ1) is 6.49. The summed E-state index contributed by atoms with van der Waals surface area (Å²) >= 11 is 0. The average Bonchev–Trinajstić information content (AvgIpc) is 2.12. The Hall–Kier alpha value is -1.27. The Labute approximate surface area is 83.8 Å². The first kappa shape index (κ1) is 10.8. The minimum Gasteiger partial charge on any atom is -0.496 e. The van der Waals surface area contributed by atoms with Gasteiger partial charge in [-0.3, -0.25) is 4.79 Å². The van der Waals surface area contributed by atoms with Crippen molar-refractivity contribution >= 4 is 5.78 Å². The van der Waals surface area contributed by atoms with Gasteiger partial charge in [0.25, 0.3) is 0 Å². The molecule has 0 amide bonds. The van der Waals surface area contributed by atoms with E-state index in [0.29, 0.717) is 11.3 Å². The van der Waals surface area contributed by atoms with E-state index in [4.69, 9.17) is 4.74 Å². The van der Waals surface area contributed by atoms with Crippen LogP contribution in [-0.4, -0.2) is 23.6 Å². The molecule has 0 fully saturated rings. The summed E-state index contributed by atoms with van der Waals surface area (Å²) < 4.78 is 5.00. The first-order valence-electron chi connectivity index (χ1n) is 4.48. The molecule has 1 aliphatic carbocycles. The number of ether oxygens (including phenoxy) is 1. The van der Waals surface area contributed by atoms with Crippen molar-refractivity contribution in [3.05, 3.63) is 11.3 Å². The van der Waals surface area contributed by atoms with Gasteiger partial charge in [0.05, 0.1) is 7.11 Å². The van der Waals surface area contributed by atoms with Gasteiger partial charge < -0.3 is 9.84 Å². The molecule has 1 rings (SSSR count). The molecule has 0 aromatic rings. The number of hydrogen-bond donors (Lipinski definition) is 1. The molecule has 14 heavy (non-hydrogen) atoms. The summed E-state index contributed by atoms with van der Waals surface area (Å²) in [5, 5.41) is 9.85. The van der Waals surface area contributed by atoms with E-state index in [0.717, 1.165) is 0 Å². The standard InChI is InChI=1S/C11H14O3/c1-5-6-11(13)9(12)8(7(2)3)10(11)14-4/h7,13H,1-4H3. The number of methoxy groups -OCH3 is 1. The van der Waals surface area contributed by atoms with Gasteiger partial charge in [0.1, 0.15) is 0 Å². The highest BCUT2D eigenvalue weighted by Crippen LogP contribution is 2.39. The van der Waals surface area contributed by atoms with Crippen LogP contribution in [0.1, 0.15) is 20.8 Å². The highest BCUT2D eigenvalue weighted by Gasteiger charge is 2.54. The monoisotopic (exact) mass is 194 g/mol. The number of ketones is 1. The Bertz CT molecular complexity index is 354. The molecule has 0 aliphatic heterocycles. The van der Waals surface area contributed by atoms with Crippen molar-refractivity contribution in [1.82, 2.24) is 0 Å². The maximum Gasteiger partial charge on any atom is 0.247 e. The molecule has 1 atom stereocenters. The van der Waals surface area contributed by atoms with E-state index in [1.54, 1.807) is 6.92 Å². The van der Waals surface area contributed by atoms with Crippen molar-refractivity contribution in [2.75, 3.05) is 7.11 Å². The lowest BCUT2D eigenvalue weighted by Gasteiger charge is -2.36. The van der Waals surface area contributed by atoms with E-state index in [1.807, 2.05) is 13.8 Å². The van der Waals surface area contributed by atoms with Gasteiger partial charge in [-0.2, -0.15) is 0 Å². The van der Waals surface area contributed by atoms with E-state index in [-0.39, 0.29) is 11.7 Å². The molecule has 0 aromatic carbocycles. The van der Waals surface area contributed by atoms with Crippen molar-refractivity contribution in [2.24, 2.45) is 5.92 Å². The normalized spacial score (nSPS) is 25.7. The van der Waals surface area contributed by atoms with Crippen LogP contribution in [0, 0.1) is 17.8 Å². The molecule has 0 saturated heterocycles. The van der Waals surface area contributed by atoms with E-state index in [9.17, 15) is 9.90 Å². The zero-order chi connectivity index (χ0) is 10.9. The molecule has 1 aliphatic rings. The Kier molecular flexibility index (Phi) is 2.68. The van der Waals surface area contributed by atoms with Crippen LogP contribution in [0.15, 0.2) is 11.3 Å². The number of Topliss-reactive ketones (excluding diaryl/α,β-unsaturated/α-hetero) is 1. The van der Waals surface area contributed by atoms with Gasteiger partial charge in [-0.15, -0.1) is 5.92 Å². The molecule has 0 saturated carbocycles. The third kappa shape index (κ3) is 1.23.